The molecule has 4 bridgehead atoms. The van der Waals surface area contributed by atoms with E-state index in [4.69, 9.17) is 4.42 Å². The minimum absolute atomic E-state index is 0.187. The van der Waals surface area contributed by atoms with Crippen molar-refractivity contribution in [2.75, 3.05) is 4.90 Å². The van der Waals surface area contributed by atoms with Gasteiger partial charge in [-0.05, 0) is 60.9 Å². The zero-order valence-electron chi connectivity index (χ0n) is 23.3. The molecule has 4 saturated heterocycles. The summed E-state index contributed by atoms with van der Waals surface area (Å²) in [6.45, 7) is 0. The summed E-state index contributed by atoms with van der Waals surface area (Å²) in [5.41, 5.74) is 4.52. The predicted octanol–water partition coefficient (Wildman–Crippen LogP) is 6.49. The average Bonchev–Trinajstić information content (AvgIpc) is 3.80. The van der Waals surface area contributed by atoms with Crippen molar-refractivity contribution in [2.45, 2.75) is 80.4 Å². The molecule has 0 saturated carbocycles. The number of fused-ring (bicyclic) bond motifs is 7. The molecule has 0 amide bonds. The number of benzene rings is 4. The lowest BCUT2D eigenvalue weighted by Crippen LogP contribution is -2.33. The van der Waals surface area contributed by atoms with Gasteiger partial charge in [-0.1, -0.05) is 30.3 Å². The second kappa shape index (κ2) is 8.91. The van der Waals surface area contributed by atoms with E-state index in [9.17, 15) is 13.0 Å². The quantitative estimate of drug-likeness (QED) is 0.139. The summed E-state index contributed by atoms with van der Waals surface area (Å²) < 4.78 is 46.8. The molecule has 0 unspecified atom stereocenters. The maximum absolute atomic E-state index is 12.5. The van der Waals surface area contributed by atoms with Gasteiger partial charge in [-0.25, -0.2) is 13.0 Å². The van der Waals surface area contributed by atoms with E-state index in [1.54, 1.807) is 6.07 Å². The van der Waals surface area contributed by atoms with E-state index < -0.39 is 10.1 Å². The Balaban J connectivity index is 1.37. The fourth-order valence-corrected chi connectivity index (χ4v) is 9.59. The van der Waals surface area contributed by atoms with Crippen molar-refractivity contribution in [3.63, 3.8) is 0 Å². The SMILES string of the molecule is O=S(=O)([O-])c1cccc2cccc(-c3c4ccc(=[N+]5C6CCC5CC6)cc-4oc4cc(N5C6CCC5CC6)ccc34)c12. The highest BCUT2D eigenvalue weighted by Gasteiger charge is 2.44. The zero-order valence-corrected chi connectivity index (χ0v) is 24.1. The largest absolute Gasteiger partial charge is 0.744 e. The summed E-state index contributed by atoms with van der Waals surface area (Å²) in [6, 6.07) is 26.0. The van der Waals surface area contributed by atoms with Gasteiger partial charge in [0.05, 0.1) is 11.0 Å². The molecule has 1 aliphatic carbocycles. The summed E-state index contributed by atoms with van der Waals surface area (Å²) >= 11 is 0. The van der Waals surface area contributed by atoms with Crippen LogP contribution in [-0.4, -0.2) is 37.1 Å². The molecule has 5 aliphatic heterocycles. The Labute approximate surface area is 245 Å². The summed E-state index contributed by atoms with van der Waals surface area (Å²) in [7, 11) is -4.70. The van der Waals surface area contributed by atoms with E-state index in [0.717, 1.165) is 38.8 Å². The Morgan fingerprint density at radius 1 is 0.762 bits per heavy atom. The van der Waals surface area contributed by atoms with E-state index in [-0.39, 0.29) is 4.90 Å². The monoisotopic (exact) mass is 576 g/mol. The fourth-order valence-electron chi connectivity index (χ4n) is 8.87. The maximum Gasteiger partial charge on any atom is 0.204 e. The van der Waals surface area contributed by atoms with Crippen LogP contribution in [0.2, 0.25) is 0 Å². The molecule has 0 atom stereocenters. The van der Waals surface area contributed by atoms with Crippen molar-refractivity contribution >= 4 is 37.5 Å². The normalized spacial score (nSPS) is 25.1. The molecule has 0 spiro atoms. The first kappa shape index (κ1) is 24.9. The first-order valence-corrected chi connectivity index (χ1v) is 16.7. The molecular formula is C35H32N2O4S. The van der Waals surface area contributed by atoms with Gasteiger partial charge >= 0.3 is 0 Å². The van der Waals surface area contributed by atoms with Crippen molar-refractivity contribution in [3.05, 3.63) is 78.2 Å². The number of rotatable bonds is 3. The van der Waals surface area contributed by atoms with Crippen LogP contribution in [0.3, 0.4) is 0 Å². The van der Waals surface area contributed by atoms with E-state index >= 15 is 0 Å². The molecule has 0 radical (unpaired) electrons. The summed E-state index contributed by atoms with van der Waals surface area (Å²) in [4.78, 5) is 2.39. The third-order valence-electron chi connectivity index (χ3n) is 10.6. The molecule has 7 heteroatoms. The predicted molar refractivity (Wildman–Crippen MR) is 164 cm³/mol. The third kappa shape index (κ3) is 3.59. The highest BCUT2D eigenvalue weighted by molar-refractivity contribution is 7.86. The van der Waals surface area contributed by atoms with Crippen LogP contribution in [0.5, 0.6) is 0 Å². The molecule has 212 valence electrons. The number of anilines is 1. The molecule has 3 aromatic carbocycles. The van der Waals surface area contributed by atoms with Crippen LogP contribution in [0.15, 0.2) is 82.1 Å². The number of hydrogen-bond donors (Lipinski definition) is 0. The van der Waals surface area contributed by atoms with Crippen LogP contribution in [0.1, 0.15) is 51.4 Å². The summed E-state index contributed by atoms with van der Waals surface area (Å²) in [5, 5.41) is 3.29. The zero-order chi connectivity index (χ0) is 28.2. The first-order valence-electron chi connectivity index (χ1n) is 15.3. The minimum atomic E-state index is -4.70. The van der Waals surface area contributed by atoms with Crippen LogP contribution in [0.4, 0.5) is 5.69 Å². The van der Waals surface area contributed by atoms with Crippen LogP contribution >= 0.6 is 0 Å². The van der Waals surface area contributed by atoms with Crippen LogP contribution in [-0.2, 0) is 10.1 Å². The molecule has 0 aromatic heterocycles. The van der Waals surface area contributed by atoms with Crippen molar-refractivity contribution < 1.29 is 17.4 Å². The smallest absolute Gasteiger partial charge is 0.204 e. The van der Waals surface area contributed by atoms with Gasteiger partial charge in [0.15, 0.2) is 12.1 Å². The molecule has 6 nitrogen and oxygen atoms in total. The number of nitrogens with zero attached hydrogens (tertiary/aromatic N) is 2. The van der Waals surface area contributed by atoms with Crippen LogP contribution < -0.4 is 14.8 Å². The van der Waals surface area contributed by atoms with Gasteiger partial charge in [-0.3, -0.25) is 0 Å². The van der Waals surface area contributed by atoms with Crippen molar-refractivity contribution in [3.8, 4) is 22.5 Å². The highest BCUT2D eigenvalue weighted by atomic mass is 32.2. The van der Waals surface area contributed by atoms with Gasteiger partial charge in [-0.15, -0.1) is 0 Å². The second-order valence-corrected chi connectivity index (χ2v) is 14.0. The molecule has 9 rings (SSSR count). The van der Waals surface area contributed by atoms with Gasteiger partial charge in [0.25, 0.3) is 0 Å². The van der Waals surface area contributed by atoms with Gasteiger partial charge in [0.1, 0.15) is 21.5 Å². The first-order chi connectivity index (χ1) is 20.4. The van der Waals surface area contributed by atoms with E-state index in [2.05, 4.69) is 45.9 Å². The lowest BCUT2D eigenvalue weighted by atomic mass is 9.90. The Morgan fingerprint density at radius 2 is 1.45 bits per heavy atom. The second-order valence-electron chi connectivity index (χ2n) is 12.7. The standard InChI is InChI=1S/C35H32N2O4S/c38-42(39,40)33-6-2-4-21-3-1-5-30(34(21)33)35-28-17-15-26(36-22-7-8-23(36)10-9-22)19-31(28)41-32-20-27(16-18-29(32)35)37-24-11-12-25(37)14-13-24/h1-6,15-20,22-25H,7-14H2. The van der Waals surface area contributed by atoms with Crippen LogP contribution in [0, 0.1) is 0 Å². The summed E-state index contributed by atoms with van der Waals surface area (Å²) in [5.74, 6) is 0.780. The molecule has 5 heterocycles. The average molecular weight is 577 g/mol. The third-order valence-corrected chi connectivity index (χ3v) is 11.5. The lowest BCUT2D eigenvalue weighted by Gasteiger charge is -2.25. The Morgan fingerprint density at radius 3 is 2.14 bits per heavy atom. The molecule has 42 heavy (non-hydrogen) atoms. The van der Waals surface area contributed by atoms with Gasteiger partial charge < -0.3 is 13.9 Å². The Kier molecular flexibility index (Phi) is 5.28. The Bertz CT molecular complexity index is 2030. The van der Waals surface area contributed by atoms with Crippen molar-refractivity contribution in [1.82, 2.24) is 4.58 Å². The van der Waals surface area contributed by atoms with Crippen LogP contribution in [0.25, 0.3) is 44.2 Å². The molecule has 6 aliphatic rings. The van der Waals surface area contributed by atoms with Crippen molar-refractivity contribution in [1.29, 1.82) is 0 Å². The summed E-state index contributed by atoms with van der Waals surface area (Å²) in [6.07, 6.45) is 9.94. The van der Waals surface area contributed by atoms with E-state index in [0.29, 0.717) is 29.6 Å². The number of hydrogen-bond acceptors (Lipinski definition) is 5. The minimum Gasteiger partial charge on any atom is -0.744 e. The van der Waals surface area contributed by atoms with E-state index in [1.807, 2.05) is 24.3 Å². The van der Waals surface area contributed by atoms with Gasteiger partial charge in [-0.2, -0.15) is 0 Å². The van der Waals surface area contributed by atoms with Crippen molar-refractivity contribution in [2.24, 2.45) is 0 Å². The van der Waals surface area contributed by atoms with E-state index in [1.165, 1.54) is 68.5 Å². The molecule has 4 fully saturated rings. The lowest BCUT2D eigenvalue weighted by molar-refractivity contribution is 0.464. The van der Waals surface area contributed by atoms with Gasteiger partial charge in [0.2, 0.25) is 5.36 Å². The highest BCUT2D eigenvalue weighted by Crippen LogP contribution is 2.46. The molecule has 3 aromatic rings. The fraction of sp³-hybridized carbons (Fsp3) is 0.343. The topological polar surface area (TPSA) is 76.6 Å². The maximum atomic E-state index is 12.5. The van der Waals surface area contributed by atoms with Gasteiger partial charge in [0, 0.05) is 77.5 Å². The molecular weight excluding hydrogens is 544 g/mol. The Hall–Kier alpha value is -3.68. The molecule has 0 N–H and O–H groups in total.